The Balaban J connectivity index is 1.68. The number of carbonyl (C=O) groups is 2. The Morgan fingerprint density at radius 2 is 1.65 bits per heavy atom. The third-order valence-electron chi connectivity index (χ3n) is 5.70. The van der Waals surface area contributed by atoms with E-state index in [2.05, 4.69) is 24.1 Å². The average Bonchev–Trinajstić information content (AvgIpc) is 3.04. The summed E-state index contributed by atoms with van der Waals surface area (Å²) in [5, 5.41) is 3.48. The minimum absolute atomic E-state index is 0.104. The molecule has 7 heteroatoms. The van der Waals surface area contributed by atoms with E-state index in [1.807, 2.05) is 41.3 Å². The molecule has 1 N–H and O–H groups in total. The lowest BCUT2D eigenvalue weighted by Gasteiger charge is -2.33. The molecule has 0 aromatic heterocycles. The van der Waals surface area contributed by atoms with Crippen molar-refractivity contribution in [2.75, 3.05) is 44.6 Å². The topological polar surface area (TPSA) is 55.9 Å². The van der Waals surface area contributed by atoms with Gasteiger partial charge in [0, 0.05) is 36.9 Å². The van der Waals surface area contributed by atoms with Crippen LogP contribution in [-0.2, 0) is 4.79 Å². The highest BCUT2D eigenvalue weighted by atomic mass is 35.5. The standard InChI is InChI=1S/C24H31ClN4O2/c1-3-27(4-2)22(19-10-6-5-7-11-19)23(30)28-14-9-15-29(17-16-28)24(31)26-21-13-8-12-20(25)18-21/h5-8,10-13,18,22H,3-4,9,14-17H2,1-2H3,(H,26,31). The van der Waals surface area contributed by atoms with Gasteiger partial charge in [-0.15, -0.1) is 0 Å². The summed E-state index contributed by atoms with van der Waals surface area (Å²) in [6, 6.07) is 16.6. The minimum Gasteiger partial charge on any atom is -0.339 e. The van der Waals surface area contributed by atoms with E-state index in [-0.39, 0.29) is 18.0 Å². The van der Waals surface area contributed by atoms with E-state index < -0.39 is 0 Å². The Hall–Kier alpha value is -2.57. The van der Waals surface area contributed by atoms with Gasteiger partial charge in [0.15, 0.2) is 0 Å². The van der Waals surface area contributed by atoms with Crippen molar-refractivity contribution in [2.24, 2.45) is 0 Å². The molecule has 1 atom stereocenters. The van der Waals surface area contributed by atoms with Gasteiger partial charge in [-0.25, -0.2) is 4.79 Å². The number of carbonyl (C=O) groups excluding carboxylic acids is 2. The maximum atomic E-state index is 13.6. The first-order valence-corrected chi connectivity index (χ1v) is 11.3. The average molecular weight is 443 g/mol. The molecule has 2 aromatic carbocycles. The lowest BCUT2D eigenvalue weighted by molar-refractivity contribution is -0.137. The van der Waals surface area contributed by atoms with Crippen LogP contribution in [0, 0.1) is 0 Å². The summed E-state index contributed by atoms with van der Waals surface area (Å²) in [6.45, 7) is 8.02. The minimum atomic E-state index is -0.303. The second-order valence-electron chi connectivity index (χ2n) is 7.64. The number of nitrogens with zero attached hydrogens (tertiary/aromatic N) is 3. The fraction of sp³-hybridized carbons (Fsp3) is 0.417. The van der Waals surface area contributed by atoms with Crippen LogP contribution in [0.2, 0.25) is 5.02 Å². The molecule has 31 heavy (non-hydrogen) atoms. The van der Waals surface area contributed by atoms with E-state index in [9.17, 15) is 9.59 Å². The lowest BCUT2D eigenvalue weighted by Crippen LogP contribution is -2.45. The third-order valence-corrected chi connectivity index (χ3v) is 5.93. The zero-order chi connectivity index (χ0) is 22.2. The lowest BCUT2D eigenvalue weighted by atomic mass is 10.0. The summed E-state index contributed by atoms with van der Waals surface area (Å²) >= 11 is 6.01. The number of hydrogen-bond donors (Lipinski definition) is 1. The molecule has 3 rings (SSSR count). The van der Waals surface area contributed by atoms with Crippen LogP contribution in [-0.4, -0.2) is 65.9 Å². The van der Waals surface area contributed by atoms with E-state index in [4.69, 9.17) is 11.6 Å². The third kappa shape index (κ3) is 5.99. The van der Waals surface area contributed by atoms with Crippen LogP contribution < -0.4 is 5.32 Å². The molecule has 1 unspecified atom stereocenters. The van der Waals surface area contributed by atoms with Crippen LogP contribution in [0.15, 0.2) is 54.6 Å². The Morgan fingerprint density at radius 1 is 0.968 bits per heavy atom. The van der Waals surface area contributed by atoms with Gasteiger partial charge in [-0.1, -0.05) is 61.8 Å². The number of benzene rings is 2. The van der Waals surface area contributed by atoms with Crippen molar-refractivity contribution in [1.29, 1.82) is 0 Å². The van der Waals surface area contributed by atoms with Crippen molar-refractivity contribution in [2.45, 2.75) is 26.3 Å². The first-order valence-electron chi connectivity index (χ1n) is 10.9. The van der Waals surface area contributed by atoms with Gasteiger partial charge >= 0.3 is 6.03 Å². The number of amides is 3. The van der Waals surface area contributed by atoms with Gasteiger partial charge in [0.1, 0.15) is 6.04 Å². The van der Waals surface area contributed by atoms with Crippen molar-refractivity contribution in [3.8, 4) is 0 Å². The first-order chi connectivity index (χ1) is 15.0. The molecule has 2 aromatic rings. The van der Waals surface area contributed by atoms with Crippen molar-refractivity contribution in [3.63, 3.8) is 0 Å². The Labute approximate surface area is 189 Å². The van der Waals surface area contributed by atoms with Crippen molar-refractivity contribution in [1.82, 2.24) is 14.7 Å². The second-order valence-corrected chi connectivity index (χ2v) is 8.08. The molecular weight excluding hydrogens is 412 g/mol. The molecule has 3 amide bonds. The molecule has 6 nitrogen and oxygen atoms in total. The number of likely N-dealkylation sites (N-methyl/N-ethyl adjacent to an activating group) is 1. The molecule has 0 aliphatic carbocycles. The van der Waals surface area contributed by atoms with Gasteiger partial charge in [-0.05, 0) is 43.3 Å². The summed E-state index contributed by atoms with van der Waals surface area (Å²) in [7, 11) is 0. The molecular formula is C24H31ClN4O2. The van der Waals surface area contributed by atoms with E-state index >= 15 is 0 Å². The number of anilines is 1. The van der Waals surface area contributed by atoms with Gasteiger partial charge in [0.2, 0.25) is 5.91 Å². The maximum absolute atomic E-state index is 13.6. The van der Waals surface area contributed by atoms with Gasteiger partial charge in [0.05, 0.1) is 0 Å². The normalized spacial score (nSPS) is 15.5. The van der Waals surface area contributed by atoms with Crippen LogP contribution in [0.3, 0.4) is 0 Å². The molecule has 0 bridgehead atoms. The molecule has 0 saturated carbocycles. The fourth-order valence-corrected chi connectivity index (χ4v) is 4.21. The Morgan fingerprint density at radius 3 is 2.32 bits per heavy atom. The van der Waals surface area contributed by atoms with Crippen LogP contribution >= 0.6 is 11.6 Å². The van der Waals surface area contributed by atoms with E-state index in [1.165, 1.54) is 0 Å². The monoisotopic (exact) mass is 442 g/mol. The molecule has 166 valence electrons. The zero-order valence-corrected chi connectivity index (χ0v) is 19.0. The van der Waals surface area contributed by atoms with Gasteiger partial charge in [0.25, 0.3) is 0 Å². The molecule has 1 heterocycles. The summed E-state index contributed by atoms with van der Waals surface area (Å²) in [5.41, 5.74) is 1.68. The van der Waals surface area contributed by atoms with E-state index in [1.54, 1.807) is 23.1 Å². The van der Waals surface area contributed by atoms with Crippen molar-refractivity contribution < 1.29 is 9.59 Å². The maximum Gasteiger partial charge on any atom is 0.321 e. The first kappa shape index (κ1) is 23.1. The van der Waals surface area contributed by atoms with Crippen molar-refractivity contribution >= 4 is 29.2 Å². The van der Waals surface area contributed by atoms with Crippen LogP contribution in [0.25, 0.3) is 0 Å². The smallest absolute Gasteiger partial charge is 0.321 e. The predicted octanol–water partition coefficient (Wildman–Crippen LogP) is 4.49. The highest BCUT2D eigenvalue weighted by Crippen LogP contribution is 2.24. The molecule has 1 fully saturated rings. The predicted molar refractivity (Wildman–Crippen MR) is 125 cm³/mol. The molecule has 1 saturated heterocycles. The quantitative estimate of drug-likeness (QED) is 0.717. The van der Waals surface area contributed by atoms with E-state index in [0.717, 1.165) is 25.1 Å². The highest BCUT2D eigenvalue weighted by Gasteiger charge is 2.31. The van der Waals surface area contributed by atoms with Gasteiger partial charge in [-0.2, -0.15) is 0 Å². The highest BCUT2D eigenvalue weighted by molar-refractivity contribution is 6.30. The zero-order valence-electron chi connectivity index (χ0n) is 18.3. The van der Waals surface area contributed by atoms with E-state index in [0.29, 0.717) is 36.9 Å². The Bertz CT molecular complexity index is 873. The van der Waals surface area contributed by atoms with Crippen LogP contribution in [0.1, 0.15) is 31.9 Å². The van der Waals surface area contributed by atoms with Gasteiger partial charge in [-0.3, -0.25) is 9.69 Å². The number of urea groups is 1. The van der Waals surface area contributed by atoms with Crippen molar-refractivity contribution in [3.05, 3.63) is 65.2 Å². The number of nitrogens with one attached hydrogen (secondary N) is 1. The fourth-order valence-electron chi connectivity index (χ4n) is 4.02. The summed E-state index contributed by atoms with van der Waals surface area (Å²) in [5.74, 6) is 0.104. The summed E-state index contributed by atoms with van der Waals surface area (Å²) in [4.78, 5) is 32.1. The van der Waals surface area contributed by atoms with Crippen LogP contribution in [0.4, 0.5) is 10.5 Å². The number of hydrogen-bond acceptors (Lipinski definition) is 3. The van der Waals surface area contributed by atoms with Crippen LogP contribution in [0.5, 0.6) is 0 Å². The number of rotatable bonds is 6. The largest absolute Gasteiger partial charge is 0.339 e. The molecule has 1 aliphatic rings. The summed E-state index contributed by atoms with van der Waals surface area (Å²) in [6.07, 6.45) is 0.745. The molecule has 1 aliphatic heterocycles. The second kappa shape index (κ2) is 11.2. The number of halogens is 1. The van der Waals surface area contributed by atoms with Gasteiger partial charge < -0.3 is 15.1 Å². The Kier molecular flexibility index (Phi) is 8.32. The summed E-state index contributed by atoms with van der Waals surface area (Å²) < 4.78 is 0. The molecule has 0 radical (unpaired) electrons. The molecule has 0 spiro atoms. The SMILES string of the molecule is CCN(CC)C(C(=O)N1CCCN(C(=O)Nc2cccc(Cl)c2)CC1)c1ccccc1.